The molecule has 0 saturated heterocycles. The Morgan fingerprint density at radius 2 is 2.10 bits per heavy atom. The number of rotatable bonds is 4. The van der Waals surface area contributed by atoms with Crippen molar-refractivity contribution in [3.05, 3.63) is 16.6 Å². The SMILES string of the molecule is CC1(C)CCC(CNC(C)(C)C)C(Cc2cncs2)C1. The lowest BCUT2D eigenvalue weighted by Gasteiger charge is -2.42. The quantitative estimate of drug-likeness (QED) is 0.883. The van der Waals surface area contributed by atoms with Crippen LogP contribution in [0.25, 0.3) is 0 Å². The van der Waals surface area contributed by atoms with Gasteiger partial charge in [-0.25, -0.2) is 0 Å². The van der Waals surface area contributed by atoms with E-state index in [2.05, 4.69) is 51.1 Å². The van der Waals surface area contributed by atoms with E-state index >= 15 is 0 Å². The van der Waals surface area contributed by atoms with Gasteiger partial charge in [0.25, 0.3) is 0 Å². The molecule has 0 spiro atoms. The predicted molar refractivity (Wildman–Crippen MR) is 88.2 cm³/mol. The van der Waals surface area contributed by atoms with E-state index in [4.69, 9.17) is 0 Å². The van der Waals surface area contributed by atoms with Crippen molar-refractivity contribution in [2.75, 3.05) is 6.54 Å². The Labute approximate surface area is 128 Å². The average molecular weight is 295 g/mol. The van der Waals surface area contributed by atoms with Crippen LogP contribution in [0.5, 0.6) is 0 Å². The Bertz CT molecular complexity index is 403. The molecule has 2 rings (SSSR count). The van der Waals surface area contributed by atoms with Crippen LogP contribution in [0.3, 0.4) is 0 Å². The first-order valence-electron chi connectivity index (χ1n) is 7.88. The summed E-state index contributed by atoms with van der Waals surface area (Å²) < 4.78 is 0. The summed E-state index contributed by atoms with van der Waals surface area (Å²) in [4.78, 5) is 5.69. The molecule has 1 aromatic rings. The highest BCUT2D eigenvalue weighted by atomic mass is 32.1. The summed E-state index contributed by atoms with van der Waals surface area (Å²) in [6.07, 6.45) is 7.34. The number of nitrogens with zero attached hydrogens (tertiary/aromatic N) is 1. The second kappa shape index (κ2) is 6.15. The number of hydrogen-bond donors (Lipinski definition) is 1. The molecule has 2 unspecified atom stereocenters. The van der Waals surface area contributed by atoms with Crippen LogP contribution in [0.2, 0.25) is 0 Å². The standard InChI is InChI=1S/C17H30N2S/c1-16(2,3)19-10-13-6-7-17(4,5)9-14(13)8-15-11-18-12-20-15/h11-14,19H,6-10H2,1-5H3. The molecule has 1 saturated carbocycles. The topological polar surface area (TPSA) is 24.9 Å². The summed E-state index contributed by atoms with van der Waals surface area (Å²) in [5.41, 5.74) is 2.70. The zero-order valence-electron chi connectivity index (χ0n) is 13.7. The fourth-order valence-electron chi connectivity index (χ4n) is 3.34. The third kappa shape index (κ3) is 4.85. The zero-order valence-corrected chi connectivity index (χ0v) is 14.5. The highest BCUT2D eigenvalue weighted by molar-refractivity contribution is 7.09. The van der Waals surface area contributed by atoms with Crippen LogP contribution in [-0.4, -0.2) is 17.1 Å². The fourth-order valence-corrected chi connectivity index (χ4v) is 4.03. The highest BCUT2D eigenvalue weighted by Gasteiger charge is 2.35. The van der Waals surface area contributed by atoms with Crippen LogP contribution in [0, 0.1) is 17.3 Å². The number of aromatic nitrogens is 1. The van der Waals surface area contributed by atoms with Gasteiger partial charge in [0.15, 0.2) is 0 Å². The first-order valence-corrected chi connectivity index (χ1v) is 8.76. The Morgan fingerprint density at radius 3 is 2.70 bits per heavy atom. The fraction of sp³-hybridized carbons (Fsp3) is 0.824. The van der Waals surface area contributed by atoms with Crippen molar-refractivity contribution < 1.29 is 0 Å². The van der Waals surface area contributed by atoms with Crippen molar-refractivity contribution in [3.8, 4) is 0 Å². The summed E-state index contributed by atoms with van der Waals surface area (Å²) in [6.45, 7) is 12.8. The molecule has 3 heteroatoms. The molecule has 2 atom stereocenters. The van der Waals surface area contributed by atoms with E-state index in [1.165, 1.54) is 30.6 Å². The van der Waals surface area contributed by atoms with Gasteiger partial charge in [0.2, 0.25) is 0 Å². The van der Waals surface area contributed by atoms with E-state index in [-0.39, 0.29) is 5.54 Å². The summed E-state index contributed by atoms with van der Waals surface area (Å²) in [5, 5.41) is 3.72. The third-order valence-corrected chi connectivity index (χ3v) is 5.32. The maximum atomic E-state index is 4.24. The van der Waals surface area contributed by atoms with Crippen LogP contribution in [0.15, 0.2) is 11.7 Å². The van der Waals surface area contributed by atoms with Gasteiger partial charge in [0.1, 0.15) is 0 Å². The molecule has 1 aliphatic rings. The van der Waals surface area contributed by atoms with Crippen LogP contribution < -0.4 is 5.32 Å². The molecule has 2 nitrogen and oxygen atoms in total. The number of hydrogen-bond acceptors (Lipinski definition) is 3. The van der Waals surface area contributed by atoms with Gasteiger partial charge in [0, 0.05) is 16.6 Å². The molecule has 114 valence electrons. The van der Waals surface area contributed by atoms with Crippen LogP contribution in [0.1, 0.15) is 58.8 Å². The minimum absolute atomic E-state index is 0.224. The molecular weight excluding hydrogens is 264 g/mol. The normalized spacial score (nSPS) is 26.6. The van der Waals surface area contributed by atoms with Crippen molar-refractivity contribution in [3.63, 3.8) is 0 Å². The van der Waals surface area contributed by atoms with Crippen molar-refractivity contribution in [1.82, 2.24) is 10.3 Å². The molecule has 0 amide bonds. The zero-order chi connectivity index (χ0) is 14.8. The van der Waals surface area contributed by atoms with E-state index in [1.807, 2.05) is 16.8 Å². The maximum absolute atomic E-state index is 4.24. The molecule has 20 heavy (non-hydrogen) atoms. The van der Waals surface area contributed by atoms with Crippen LogP contribution in [-0.2, 0) is 6.42 Å². The van der Waals surface area contributed by atoms with Crippen LogP contribution in [0.4, 0.5) is 0 Å². The molecule has 0 aromatic carbocycles. The van der Waals surface area contributed by atoms with E-state index in [9.17, 15) is 0 Å². The summed E-state index contributed by atoms with van der Waals surface area (Å²) in [6, 6.07) is 0. The molecule has 0 radical (unpaired) electrons. The van der Waals surface area contributed by atoms with Crippen molar-refractivity contribution in [2.45, 2.75) is 65.8 Å². The van der Waals surface area contributed by atoms with Crippen molar-refractivity contribution in [1.29, 1.82) is 0 Å². The monoisotopic (exact) mass is 294 g/mol. The minimum Gasteiger partial charge on any atom is -0.312 e. The lowest BCUT2D eigenvalue weighted by Crippen LogP contribution is -2.43. The van der Waals surface area contributed by atoms with E-state index in [0.29, 0.717) is 5.41 Å². The summed E-state index contributed by atoms with van der Waals surface area (Å²) in [5.74, 6) is 1.61. The molecule has 1 fully saturated rings. The van der Waals surface area contributed by atoms with Gasteiger partial charge in [0.05, 0.1) is 5.51 Å². The highest BCUT2D eigenvalue weighted by Crippen LogP contribution is 2.43. The first kappa shape index (κ1) is 16.0. The predicted octanol–water partition coefficient (Wildman–Crippen LogP) is 4.52. The molecule has 1 aromatic heterocycles. The van der Waals surface area contributed by atoms with Gasteiger partial charge in [-0.3, -0.25) is 4.98 Å². The maximum Gasteiger partial charge on any atom is 0.0794 e. The van der Waals surface area contributed by atoms with E-state index in [1.54, 1.807) is 0 Å². The van der Waals surface area contributed by atoms with E-state index in [0.717, 1.165) is 18.4 Å². The van der Waals surface area contributed by atoms with E-state index < -0.39 is 0 Å². The molecule has 1 aliphatic carbocycles. The smallest absolute Gasteiger partial charge is 0.0794 e. The lowest BCUT2D eigenvalue weighted by molar-refractivity contribution is 0.112. The summed E-state index contributed by atoms with van der Waals surface area (Å²) >= 11 is 1.81. The Kier molecular flexibility index (Phi) is 4.91. The second-order valence-corrected chi connectivity index (χ2v) is 9.20. The van der Waals surface area contributed by atoms with Crippen LogP contribution >= 0.6 is 11.3 Å². The molecular formula is C17H30N2S. The first-order chi connectivity index (χ1) is 9.25. The number of thiazole rings is 1. The molecule has 0 aliphatic heterocycles. The average Bonchev–Trinajstić information content (AvgIpc) is 2.78. The second-order valence-electron chi connectivity index (χ2n) is 8.23. The van der Waals surface area contributed by atoms with Crippen molar-refractivity contribution in [2.24, 2.45) is 17.3 Å². The van der Waals surface area contributed by atoms with Gasteiger partial charge in [-0.05, 0) is 70.3 Å². The third-order valence-electron chi connectivity index (χ3n) is 4.51. The van der Waals surface area contributed by atoms with Gasteiger partial charge in [-0.15, -0.1) is 11.3 Å². The summed E-state index contributed by atoms with van der Waals surface area (Å²) in [7, 11) is 0. The molecule has 1 heterocycles. The van der Waals surface area contributed by atoms with Gasteiger partial charge in [-0.1, -0.05) is 13.8 Å². The largest absolute Gasteiger partial charge is 0.312 e. The molecule has 1 N–H and O–H groups in total. The Morgan fingerprint density at radius 1 is 1.35 bits per heavy atom. The molecule has 0 bridgehead atoms. The van der Waals surface area contributed by atoms with Gasteiger partial charge in [-0.2, -0.15) is 0 Å². The van der Waals surface area contributed by atoms with Crippen molar-refractivity contribution >= 4 is 11.3 Å². The van der Waals surface area contributed by atoms with Gasteiger partial charge < -0.3 is 5.32 Å². The Hall–Kier alpha value is -0.410. The Balaban J connectivity index is 2.00. The lowest BCUT2D eigenvalue weighted by atomic mass is 9.66. The minimum atomic E-state index is 0.224. The van der Waals surface area contributed by atoms with Gasteiger partial charge >= 0.3 is 0 Å². The number of nitrogens with one attached hydrogen (secondary N) is 1.